The lowest BCUT2D eigenvalue weighted by molar-refractivity contribution is -0.119. The summed E-state index contributed by atoms with van der Waals surface area (Å²) in [5.41, 5.74) is 4.52. The highest BCUT2D eigenvalue weighted by molar-refractivity contribution is 7.92. The summed E-state index contributed by atoms with van der Waals surface area (Å²) in [7, 11) is 0.209. The minimum Gasteiger partial charge on any atom is -0.497 e. The predicted octanol–water partition coefficient (Wildman–Crippen LogP) is 3.37. The lowest BCUT2D eigenvalue weighted by Gasteiger charge is -2.24. The summed E-state index contributed by atoms with van der Waals surface area (Å²) in [5, 5.41) is 3.96. The molecule has 0 atom stereocenters. The number of ether oxygens (including phenoxy) is 3. The van der Waals surface area contributed by atoms with Crippen molar-refractivity contribution < 1.29 is 27.4 Å². The van der Waals surface area contributed by atoms with Gasteiger partial charge in [-0.05, 0) is 48.9 Å². The molecule has 0 saturated heterocycles. The molecular weight excluding hydrogens is 470 g/mol. The van der Waals surface area contributed by atoms with E-state index in [4.69, 9.17) is 14.2 Å². The highest BCUT2D eigenvalue weighted by Gasteiger charge is 2.28. The fourth-order valence-electron chi connectivity index (χ4n) is 3.26. The highest BCUT2D eigenvalue weighted by atomic mass is 32.2. The second-order valence-corrected chi connectivity index (χ2v) is 9.30. The number of hydrazone groups is 1. The SMILES string of the molecule is COc1ccc(N(CC(=O)N/N=C\c2cccc(C)c2)S(=O)(=O)c2ccc(OC)c(OC)c2)cc1. The van der Waals surface area contributed by atoms with Crippen LogP contribution in [0.4, 0.5) is 5.69 Å². The Hall–Kier alpha value is -4.05. The molecule has 0 aromatic heterocycles. The number of hydrogen-bond donors (Lipinski definition) is 1. The molecule has 0 spiro atoms. The largest absolute Gasteiger partial charge is 0.497 e. The maximum atomic E-state index is 13.6. The lowest BCUT2D eigenvalue weighted by Crippen LogP contribution is -2.39. The Kier molecular flexibility index (Phi) is 8.32. The van der Waals surface area contributed by atoms with Crippen molar-refractivity contribution in [1.82, 2.24) is 5.43 Å². The number of sulfonamides is 1. The number of methoxy groups -OCH3 is 3. The maximum Gasteiger partial charge on any atom is 0.264 e. The van der Waals surface area contributed by atoms with Gasteiger partial charge in [-0.15, -0.1) is 0 Å². The van der Waals surface area contributed by atoms with Gasteiger partial charge in [-0.3, -0.25) is 9.10 Å². The van der Waals surface area contributed by atoms with Crippen LogP contribution in [0.3, 0.4) is 0 Å². The molecule has 0 saturated carbocycles. The monoisotopic (exact) mass is 497 g/mol. The lowest BCUT2D eigenvalue weighted by atomic mass is 10.2. The van der Waals surface area contributed by atoms with Crippen molar-refractivity contribution >= 4 is 27.8 Å². The number of aryl methyl sites for hydroxylation is 1. The van der Waals surface area contributed by atoms with Crippen LogP contribution >= 0.6 is 0 Å². The molecule has 9 nitrogen and oxygen atoms in total. The van der Waals surface area contributed by atoms with Gasteiger partial charge in [0, 0.05) is 6.07 Å². The van der Waals surface area contributed by atoms with Gasteiger partial charge < -0.3 is 14.2 Å². The van der Waals surface area contributed by atoms with Crippen LogP contribution in [0.2, 0.25) is 0 Å². The molecule has 3 aromatic rings. The first-order chi connectivity index (χ1) is 16.8. The predicted molar refractivity (Wildman–Crippen MR) is 134 cm³/mol. The van der Waals surface area contributed by atoms with E-state index in [1.807, 2.05) is 31.2 Å². The molecule has 10 heteroatoms. The molecule has 0 aliphatic rings. The van der Waals surface area contributed by atoms with Crippen LogP contribution in [0.25, 0.3) is 0 Å². The van der Waals surface area contributed by atoms with E-state index in [-0.39, 0.29) is 16.3 Å². The Balaban J connectivity index is 1.90. The Bertz CT molecular complexity index is 1310. The fourth-order valence-corrected chi connectivity index (χ4v) is 4.70. The number of anilines is 1. The highest BCUT2D eigenvalue weighted by Crippen LogP contribution is 2.32. The van der Waals surface area contributed by atoms with Gasteiger partial charge in [0.2, 0.25) is 0 Å². The van der Waals surface area contributed by atoms with Gasteiger partial charge >= 0.3 is 0 Å². The summed E-state index contributed by atoms with van der Waals surface area (Å²) >= 11 is 0. The molecule has 0 aliphatic heterocycles. The third kappa shape index (κ3) is 6.30. The quantitative estimate of drug-likeness (QED) is 0.340. The normalized spacial score (nSPS) is 11.2. The van der Waals surface area contributed by atoms with E-state index in [9.17, 15) is 13.2 Å². The second kappa shape index (κ2) is 11.4. The summed E-state index contributed by atoms with van der Waals surface area (Å²) in [4.78, 5) is 12.6. The molecule has 0 fully saturated rings. The Morgan fingerprint density at radius 1 is 0.943 bits per heavy atom. The Morgan fingerprint density at radius 2 is 1.66 bits per heavy atom. The van der Waals surface area contributed by atoms with E-state index in [1.54, 1.807) is 24.3 Å². The third-order valence-electron chi connectivity index (χ3n) is 5.04. The average molecular weight is 498 g/mol. The zero-order valence-electron chi connectivity index (χ0n) is 19.9. The summed E-state index contributed by atoms with van der Waals surface area (Å²) in [6, 6.07) is 18.1. The van der Waals surface area contributed by atoms with Crippen molar-refractivity contribution in [3.8, 4) is 17.2 Å². The van der Waals surface area contributed by atoms with Crippen LogP contribution in [0, 0.1) is 6.92 Å². The Morgan fingerprint density at radius 3 is 2.29 bits per heavy atom. The number of amides is 1. The number of nitrogens with zero attached hydrogens (tertiary/aromatic N) is 2. The molecule has 0 aliphatic carbocycles. The van der Waals surface area contributed by atoms with Crippen molar-refractivity contribution in [3.63, 3.8) is 0 Å². The second-order valence-electron chi connectivity index (χ2n) is 7.43. The van der Waals surface area contributed by atoms with Gasteiger partial charge in [0.1, 0.15) is 12.3 Å². The first kappa shape index (κ1) is 25.6. The van der Waals surface area contributed by atoms with Gasteiger partial charge in [-0.2, -0.15) is 5.10 Å². The number of carbonyl (C=O) groups is 1. The van der Waals surface area contributed by atoms with E-state index in [0.717, 1.165) is 15.4 Å². The standard InChI is InChI=1S/C25H27N3O6S/c1-18-6-5-7-19(14-18)16-26-27-25(29)17-28(20-8-10-21(32-2)11-9-20)35(30,31)22-12-13-23(33-3)24(15-22)34-4/h5-16H,17H2,1-4H3,(H,27,29)/b26-16-. The number of benzene rings is 3. The van der Waals surface area contributed by atoms with E-state index < -0.39 is 22.5 Å². The van der Waals surface area contributed by atoms with Gasteiger partial charge in [0.15, 0.2) is 11.5 Å². The smallest absolute Gasteiger partial charge is 0.264 e. The minimum atomic E-state index is -4.16. The van der Waals surface area contributed by atoms with Crippen LogP contribution in [-0.2, 0) is 14.8 Å². The average Bonchev–Trinajstić information content (AvgIpc) is 2.87. The third-order valence-corrected chi connectivity index (χ3v) is 6.81. The van der Waals surface area contributed by atoms with E-state index in [1.165, 1.54) is 45.7 Å². The number of nitrogens with one attached hydrogen (secondary N) is 1. The zero-order chi connectivity index (χ0) is 25.4. The molecule has 3 aromatic carbocycles. The molecule has 184 valence electrons. The molecule has 1 N–H and O–H groups in total. The van der Waals surface area contributed by atoms with Gasteiger partial charge in [0.25, 0.3) is 15.9 Å². The molecule has 0 unspecified atom stereocenters. The van der Waals surface area contributed by atoms with Gasteiger partial charge in [-0.25, -0.2) is 13.8 Å². The number of hydrogen-bond acceptors (Lipinski definition) is 7. The number of carbonyl (C=O) groups excluding carboxylic acids is 1. The van der Waals surface area contributed by atoms with Crippen LogP contribution in [0.15, 0.2) is 76.7 Å². The topological polar surface area (TPSA) is 107 Å². The maximum absolute atomic E-state index is 13.6. The zero-order valence-corrected chi connectivity index (χ0v) is 20.7. The summed E-state index contributed by atoms with van der Waals surface area (Å²) < 4.78 is 43.8. The molecular formula is C25H27N3O6S. The van der Waals surface area contributed by atoms with Gasteiger partial charge in [-0.1, -0.05) is 29.8 Å². The van der Waals surface area contributed by atoms with Crippen molar-refractivity contribution in [2.45, 2.75) is 11.8 Å². The van der Waals surface area contributed by atoms with Crippen LogP contribution < -0.4 is 23.9 Å². The Labute approximate surface area is 205 Å². The van der Waals surface area contributed by atoms with Crippen LogP contribution in [0.5, 0.6) is 17.2 Å². The fraction of sp³-hybridized carbons (Fsp3) is 0.200. The first-order valence-corrected chi connectivity index (χ1v) is 12.0. The minimum absolute atomic E-state index is 0.0676. The van der Waals surface area contributed by atoms with Gasteiger partial charge in [0.05, 0.1) is 38.1 Å². The summed E-state index contributed by atoms with van der Waals surface area (Å²) in [5.74, 6) is 0.555. The van der Waals surface area contributed by atoms with E-state index in [2.05, 4.69) is 10.5 Å². The van der Waals surface area contributed by atoms with E-state index >= 15 is 0 Å². The number of rotatable bonds is 10. The van der Waals surface area contributed by atoms with Crippen LogP contribution in [0.1, 0.15) is 11.1 Å². The van der Waals surface area contributed by atoms with Crippen molar-refractivity contribution in [2.24, 2.45) is 5.10 Å². The summed E-state index contributed by atoms with van der Waals surface area (Å²) in [6.07, 6.45) is 1.49. The molecule has 0 heterocycles. The molecule has 0 bridgehead atoms. The van der Waals surface area contributed by atoms with Crippen LogP contribution in [-0.4, -0.2) is 48.4 Å². The van der Waals surface area contributed by atoms with Crippen molar-refractivity contribution in [2.75, 3.05) is 32.2 Å². The van der Waals surface area contributed by atoms with Crippen molar-refractivity contribution in [1.29, 1.82) is 0 Å². The van der Waals surface area contributed by atoms with E-state index in [0.29, 0.717) is 11.5 Å². The molecule has 35 heavy (non-hydrogen) atoms. The van der Waals surface area contributed by atoms with Crippen molar-refractivity contribution in [3.05, 3.63) is 77.9 Å². The molecule has 1 amide bonds. The summed E-state index contributed by atoms with van der Waals surface area (Å²) in [6.45, 7) is 1.44. The molecule has 3 rings (SSSR count). The molecule has 0 radical (unpaired) electrons. The first-order valence-electron chi connectivity index (χ1n) is 10.6.